The van der Waals surface area contributed by atoms with Crippen LogP contribution in [0.15, 0.2) is 97.1 Å². The minimum atomic E-state index is 0. The molecule has 0 saturated heterocycles. The number of halogens is 1. The Morgan fingerprint density at radius 1 is 0.283 bits per heavy atom. The lowest BCUT2D eigenvalue weighted by Crippen LogP contribution is -2.07. The maximum Gasteiger partial charge on any atom is 0.0361 e. The monoisotopic (exact) mass is 1610 g/mol. The minimum Gasteiger partial charge on any atom is -0.400 e. The fourth-order valence-corrected chi connectivity index (χ4v) is 14.9. The highest BCUT2D eigenvalue weighted by Crippen LogP contribution is 2.19. The zero-order chi connectivity index (χ0) is 78.6. The van der Waals surface area contributed by atoms with Gasteiger partial charge in [0.05, 0.1) is 0 Å². The molecule has 0 aromatic heterocycles. The van der Waals surface area contributed by atoms with Gasteiger partial charge in [-0.05, 0) is 150 Å². The highest BCUT2D eigenvalue weighted by molar-refractivity contribution is 9.08. The first-order valence-electron chi connectivity index (χ1n) is 44.3. The Balaban J connectivity index is -0.000000272. The zero-order valence-corrected chi connectivity index (χ0v) is 77.7. The lowest BCUT2D eigenvalue weighted by molar-refractivity contribution is 0.399. The molecule has 0 amide bonds. The van der Waals surface area contributed by atoms with E-state index in [9.17, 15) is 0 Å². The summed E-state index contributed by atoms with van der Waals surface area (Å²) in [5.41, 5.74) is 15.4. The van der Waals surface area contributed by atoms with Crippen molar-refractivity contribution in [3.63, 3.8) is 0 Å². The molecule has 0 unspecified atom stereocenters. The van der Waals surface area contributed by atoms with E-state index in [1.165, 1.54) is 395 Å². The third-order valence-corrected chi connectivity index (χ3v) is 22.9. The van der Waals surface area contributed by atoms with Gasteiger partial charge in [-0.3, -0.25) is 0 Å². The molecule has 3 nitrogen and oxygen atoms in total. The average Bonchev–Trinajstić information content (AvgIpc) is 0.923. The van der Waals surface area contributed by atoms with Crippen LogP contribution in [-0.4, -0.2) is 66.6 Å². The molecule has 0 atom stereocenters. The van der Waals surface area contributed by atoms with Gasteiger partial charge in [0, 0.05) is 37.9 Å². The molecule has 624 valence electrons. The van der Waals surface area contributed by atoms with E-state index >= 15 is 0 Å². The molecule has 8 heteroatoms. The van der Waals surface area contributed by atoms with Gasteiger partial charge in [0.15, 0.2) is 0 Å². The topological polar surface area (TPSA) is 49.5 Å². The molecule has 0 aliphatic rings. The van der Waals surface area contributed by atoms with E-state index in [4.69, 9.17) is 10.8 Å². The Hall–Kier alpha value is -1.68. The Labute approximate surface area is 694 Å². The van der Waals surface area contributed by atoms with E-state index in [1.54, 1.807) is 0 Å². The van der Waals surface area contributed by atoms with Crippen LogP contribution in [0, 0.1) is 34.6 Å². The van der Waals surface area contributed by atoms with E-state index in [0.717, 1.165) is 23.9 Å². The second kappa shape index (κ2) is 103. The summed E-state index contributed by atoms with van der Waals surface area (Å²) in [4.78, 5) is 2.10. The minimum absolute atomic E-state index is 0. The zero-order valence-electron chi connectivity index (χ0n) is 72.8. The van der Waals surface area contributed by atoms with Gasteiger partial charge in [-0.2, -0.15) is 47.9 Å². The molecule has 0 bridgehead atoms. The van der Waals surface area contributed by atoms with Crippen LogP contribution in [0.1, 0.15) is 410 Å². The maximum absolute atomic E-state index is 7.00. The molecule has 3 N–H and O–H groups in total. The number of thiol groups is 1. The van der Waals surface area contributed by atoms with Gasteiger partial charge in [-0.25, -0.2) is 0 Å². The van der Waals surface area contributed by atoms with Gasteiger partial charge >= 0.3 is 0 Å². The van der Waals surface area contributed by atoms with E-state index in [2.05, 4.69) is 218 Å². The fraction of sp³-hybridized carbons (Fsp3) is 0.755. The van der Waals surface area contributed by atoms with Crippen molar-refractivity contribution >= 4 is 75.2 Å². The summed E-state index contributed by atoms with van der Waals surface area (Å²) in [6, 6.07) is 33.3. The molecular weight excluding hydrogens is 1430 g/mol. The average molecular weight is 1620 g/mol. The van der Waals surface area contributed by atoms with Crippen molar-refractivity contribution in [2.75, 3.05) is 72.1 Å². The van der Waals surface area contributed by atoms with Gasteiger partial charge in [-0.1, -0.05) is 449 Å². The molecule has 0 aliphatic heterocycles. The van der Waals surface area contributed by atoms with Crippen LogP contribution in [0.2, 0.25) is 0 Å². The number of benzene rings is 4. The third kappa shape index (κ3) is 104. The lowest BCUT2D eigenvalue weighted by Gasteiger charge is -2.11. The molecular formula is C98H185BrN2OS4. The van der Waals surface area contributed by atoms with Crippen LogP contribution in [0.3, 0.4) is 0 Å². The van der Waals surface area contributed by atoms with E-state index in [-0.39, 0.29) is 7.43 Å². The first-order valence-corrected chi connectivity index (χ1v) is 49.5. The Morgan fingerprint density at radius 2 is 0.453 bits per heavy atom. The number of aryl methyl sites for hydroxylation is 5. The summed E-state index contributed by atoms with van der Waals surface area (Å²) in [6.45, 7) is 26.4. The van der Waals surface area contributed by atoms with E-state index < -0.39 is 0 Å². The van der Waals surface area contributed by atoms with Crippen LogP contribution in [-0.2, 0) is 5.33 Å². The summed E-state index contributed by atoms with van der Waals surface area (Å²) < 4.78 is 0. The SMILES string of the molecule is C.CCCCCCCCCCCCCCCCS.CCCCCCCCCSCCCCCCC.CCCCCCCCCSCCCCCCC.CCCCCCCCCSCCCCCCC.CO.Cc1ccc(C)cc1.Cc1ccc(CBr)cc1.Cc1ccc(N(C)C)cc1.Cc1ccc(N)cc1. The highest BCUT2D eigenvalue weighted by atomic mass is 79.9. The van der Waals surface area contributed by atoms with Crippen LogP contribution >= 0.6 is 63.8 Å². The molecule has 4 rings (SSSR count). The van der Waals surface area contributed by atoms with Crippen LogP contribution in [0.25, 0.3) is 0 Å². The van der Waals surface area contributed by atoms with Gasteiger partial charge in [0.25, 0.3) is 0 Å². The van der Waals surface area contributed by atoms with Crippen molar-refractivity contribution in [2.24, 2.45) is 0 Å². The molecule has 4 aromatic carbocycles. The standard InChI is InChI=1S/4C16H34S.C9H13N.C8H9Br.C8H10.C7H9N.CH4O.CH4/c3*1-3-5-7-9-10-12-14-16-17-15-13-11-8-6-4-2;1-2-3-4-5-6-7-8-9-10-11-12-13-14-15-16-17;1-8-4-6-9(7-5-8)10(2)3;1-7-2-4-8(6-9)5-3-7;1-7-3-5-8(2)6-4-7;1-6-2-4-7(8)5-3-6;1-2;/h3*3-16H2,1-2H3;17H,2-16H2,1H3;4-7H,1-3H3;2-5H,6H2,1H3;3-6H,1-2H3;2-5H,8H2,1H3;2H,1H3;1H4. The van der Waals surface area contributed by atoms with Gasteiger partial charge < -0.3 is 15.7 Å². The van der Waals surface area contributed by atoms with Gasteiger partial charge in [0.1, 0.15) is 0 Å². The predicted molar refractivity (Wildman–Crippen MR) is 512 cm³/mol. The number of alkyl halides is 1. The first-order chi connectivity index (χ1) is 51.3. The lowest BCUT2D eigenvalue weighted by atomic mass is 10.0. The number of hydrogen-bond acceptors (Lipinski definition) is 7. The molecule has 0 spiro atoms. The normalized spacial score (nSPS) is 10.2. The van der Waals surface area contributed by atoms with Crippen molar-refractivity contribution in [1.29, 1.82) is 0 Å². The number of unbranched alkanes of at least 4 members (excludes halogenated alkanes) is 43. The van der Waals surface area contributed by atoms with Crippen LogP contribution in [0.5, 0.6) is 0 Å². The Bertz CT molecular complexity index is 1840. The summed E-state index contributed by atoms with van der Waals surface area (Å²) in [5, 5.41) is 7.95. The second-order valence-electron chi connectivity index (χ2n) is 29.7. The van der Waals surface area contributed by atoms with Crippen LogP contribution < -0.4 is 10.6 Å². The highest BCUT2D eigenvalue weighted by Gasteiger charge is 1.99. The van der Waals surface area contributed by atoms with E-state index in [1.807, 2.05) is 45.3 Å². The largest absolute Gasteiger partial charge is 0.400 e. The number of aliphatic hydroxyl groups excluding tert-OH is 1. The Morgan fingerprint density at radius 3 is 0.632 bits per heavy atom. The molecule has 0 aliphatic carbocycles. The van der Waals surface area contributed by atoms with Gasteiger partial charge in [-0.15, -0.1) is 0 Å². The van der Waals surface area contributed by atoms with Crippen molar-refractivity contribution < 1.29 is 5.11 Å². The van der Waals surface area contributed by atoms with E-state index in [0.29, 0.717) is 0 Å². The van der Waals surface area contributed by atoms with Crippen molar-refractivity contribution in [1.82, 2.24) is 0 Å². The van der Waals surface area contributed by atoms with Crippen LogP contribution in [0.4, 0.5) is 11.4 Å². The van der Waals surface area contributed by atoms with Crippen molar-refractivity contribution in [3.05, 3.63) is 130 Å². The number of rotatable bonds is 58. The number of aliphatic hydroxyl groups is 1. The predicted octanol–water partition coefficient (Wildman–Crippen LogP) is 34.8. The number of thioether (sulfide) groups is 3. The van der Waals surface area contributed by atoms with Gasteiger partial charge in [0.2, 0.25) is 0 Å². The number of nitrogen functional groups attached to an aromatic ring is 1. The summed E-state index contributed by atoms with van der Waals surface area (Å²) in [7, 11) is 5.09. The Kier molecular flexibility index (Phi) is 112. The molecule has 0 radical (unpaired) electrons. The molecule has 4 aromatic rings. The quantitative estimate of drug-likeness (QED) is 0.0177. The number of hydrogen-bond donors (Lipinski definition) is 3. The smallest absolute Gasteiger partial charge is 0.0361 e. The number of nitrogens with two attached hydrogens (primary N) is 1. The first kappa shape index (κ1) is 115. The summed E-state index contributed by atoms with van der Waals surface area (Å²) in [5.74, 6) is 9.49. The third-order valence-electron chi connectivity index (χ3n) is 18.5. The molecule has 0 heterocycles. The van der Waals surface area contributed by atoms with Crippen molar-refractivity contribution in [2.45, 2.75) is 417 Å². The summed E-state index contributed by atoms with van der Waals surface area (Å²) in [6.07, 6.45) is 71.9. The molecule has 0 saturated carbocycles. The van der Waals surface area contributed by atoms with Crippen molar-refractivity contribution in [3.8, 4) is 0 Å². The fourth-order valence-electron chi connectivity index (χ4n) is 11.2. The maximum atomic E-state index is 7.00. The second-order valence-corrected chi connectivity index (χ2v) is 34.4. The number of anilines is 2. The summed E-state index contributed by atoms with van der Waals surface area (Å²) >= 11 is 14.2. The molecule has 0 fully saturated rings. The molecule has 106 heavy (non-hydrogen) atoms. The number of nitrogens with zero attached hydrogens (tertiary/aromatic N) is 1.